The molecule has 2 aromatic carbocycles. The van der Waals surface area contributed by atoms with Crippen LogP contribution >= 0.6 is 12.6 Å². The summed E-state index contributed by atoms with van der Waals surface area (Å²) >= 11 is 4.55. The minimum atomic E-state index is -1.16. The number of hydrogen-bond acceptors (Lipinski definition) is 11. The summed E-state index contributed by atoms with van der Waals surface area (Å²) in [5, 5.41) is 9.49. The number of aromatic nitrogens is 4. The zero-order chi connectivity index (χ0) is 42.4. The third-order valence-electron chi connectivity index (χ3n) is 11.4. The van der Waals surface area contributed by atoms with Gasteiger partial charge in [-0.3, -0.25) is 19.2 Å². The Balaban J connectivity index is 1.14. The maximum absolute atomic E-state index is 13.8. The van der Waals surface area contributed by atoms with Crippen LogP contribution in [0.4, 0.5) is 4.79 Å². The summed E-state index contributed by atoms with van der Waals surface area (Å²) in [6, 6.07) is 14.9. The number of carbonyl (C=O) groups excluding carboxylic acids is 3. The molecule has 0 saturated carbocycles. The lowest BCUT2D eigenvalue weighted by Gasteiger charge is -2.30. The summed E-state index contributed by atoms with van der Waals surface area (Å²) < 4.78 is 17.3. The predicted octanol–water partition coefficient (Wildman–Crippen LogP) is 6.18. The van der Waals surface area contributed by atoms with Gasteiger partial charge in [-0.05, 0) is 58.6 Å². The van der Waals surface area contributed by atoms with Gasteiger partial charge in [-0.25, -0.2) is 14.8 Å². The molecule has 4 N–H and O–H groups in total. The highest BCUT2D eigenvalue weighted by Crippen LogP contribution is 2.38. The van der Waals surface area contributed by atoms with Gasteiger partial charge in [0.1, 0.15) is 24.3 Å². The van der Waals surface area contributed by atoms with Gasteiger partial charge in [0.05, 0.1) is 54.1 Å². The monoisotopic (exact) mass is 846 g/mol. The lowest BCUT2D eigenvalue weighted by atomic mass is 9.95. The average Bonchev–Trinajstić information content (AvgIpc) is 4.07. The van der Waals surface area contributed by atoms with E-state index in [1.807, 2.05) is 69.0 Å². The van der Waals surface area contributed by atoms with E-state index in [4.69, 9.17) is 20.0 Å². The Morgan fingerprint density at radius 3 is 1.86 bits per heavy atom. The minimum Gasteiger partial charge on any atom is -0.453 e. The number of rotatable bonds is 16. The third kappa shape index (κ3) is 9.90. The second kappa shape index (κ2) is 19.4. The van der Waals surface area contributed by atoms with Crippen molar-refractivity contribution in [3.05, 3.63) is 72.6 Å². The number of amides is 3. The van der Waals surface area contributed by atoms with Gasteiger partial charge in [0.2, 0.25) is 18.2 Å². The molecule has 2 aromatic heterocycles. The fraction of sp³-hybridized carbons (Fsp3) is 0.476. The van der Waals surface area contributed by atoms with E-state index in [9.17, 15) is 18.6 Å². The number of methoxy groups -OCH3 is 1. The summed E-state index contributed by atoms with van der Waals surface area (Å²) in [5.74, 6) is 1.27. The number of hydrogen-bond donors (Lipinski definition) is 5. The first-order valence-electron chi connectivity index (χ1n) is 19.8. The molecule has 0 aliphatic carbocycles. The Hall–Kier alpha value is -5.00. The van der Waals surface area contributed by atoms with Crippen LogP contribution in [0.25, 0.3) is 33.6 Å². The number of imidazole rings is 2. The first-order chi connectivity index (χ1) is 28.3. The highest BCUT2D eigenvalue weighted by Gasteiger charge is 2.43. The molecule has 2 aliphatic heterocycles. The van der Waals surface area contributed by atoms with Crippen LogP contribution in [0.3, 0.4) is 0 Å². The van der Waals surface area contributed by atoms with Gasteiger partial charge >= 0.3 is 6.09 Å². The summed E-state index contributed by atoms with van der Waals surface area (Å²) in [7, 11) is 0.0984. The molecular formula is C42H54N8O7S2. The zero-order valence-electron chi connectivity index (χ0n) is 34.2. The molecule has 0 spiro atoms. The number of H-pyrrole nitrogens is 2. The van der Waals surface area contributed by atoms with Crippen LogP contribution in [0, 0.1) is 29.1 Å². The molecule has 7 atom stereocenters. The third-order valence-corrected chi connectivity index (χ3v) is 13.2. The van der Waals surface area contributed by atoms with E-state index in [0.717, 1.165) is 45.9 Å². The van der Waals surface area contributed by atoms with Crippen LogP contribution in [0.1, 0.15) is 64.3 Å². The van der Waals surface area contributed by atoms with Gasteiger partial charge < -0.3 is 34.7 Å². The maximum atomic E-state index is 13.8. The molecule has 17 heteroatoms. The van der Waals surface area contributed by atoms with Crippen molar-refractivity contribution in [2.45, 2.75) is 63.9 Å². The number of ether oxygens (including phenoxy) is 1. The number of likely N-dealkylation sites (tertiary alicyclic amines) is 2. The number of thiol groups is 1. The number of nitrogens with one attached hydrogen (secondary N) is 4. The number of aromatic amines is 2. The van der Waals surface area contributed by atoms with E-state index in [0.29, 0.717) is 37.5 Å². The molecule has 0 bridgehead atoms. The van der Waals surface area contributed by atoms with E-state index in [2.05, 4.69) is 49.9 Å². The van der Waals surface area contributed by atoms with E-state index >= 15 is 0 Å². The molecule has 2 saturated heterocycles. The van der Waals surface area contributed by atoms with Gasteiger partial charge in [-0.2, -0.15) is 17.5 Å². The normalized spacial score (nSPS) is 20.8. The van der Waals surface area contributed by atoms with E-state index in [1.165, 1.54) is 7.11 Å². The zero-order valence-corrected chi connectivity index (χ0v) is 35.9. The Morgan fingerprint density at radius 2 is 1.39 bits per heavy atom. The van der Waals surface area contributed by atoms with Crippen LogP contribution < -0.4 is 5.32 Å². The molecule has 3 amide bonds. The molecule has 59 heavy (non-hydrogen) atoms. The first-order valence-corrected chi connectivity index (χ1v) is 22.1. The van der Waals surface area contributed by atoms with Gasteiger partial charge in [-0.15, -0.1) is 0 Å². The van der Waals surface area contributed by atoms with Crippen molar-refractivity contribution in [3.8, 4) is 33.6 Å². The smallest absolute Gasteiger partial charge is 0.407 e. The summed E-state index contributed by atoms with van der Waals surface area (Å²) in [5.41, 5.74) is 5.56. The summed E-state index contributed by atoms with van der Waals surface area (Å²) in [4.78, 5) is 69.3. The first kappa shape index (κ1) is 43.6. The van der Waals surface area contributed by atoms with Crippen molar-refractivity contribution < 1.29 is 33.1 Å². The number of nitrogens with zero attached hydrogens (tertiary/aromatic N) is 4. The Labute approximate surface area is 352 Å². The lowest BCUT2D eigenvalue weighted by molar-refractivity contribution is -0.229. The molecule has 4 heterocycles. The largest absolute Gasteiger partial charge is 0.453 e. The number of benzene rings is 2. The number of carbonyl (C=O) groups is 3. The van der Waals surface area contributed by atoms with Gasteiger partial charge in [0, 0.05) is 30.1 Å². The molecule has 2 unspecified atom stereocenters. The standard InChI is InChI=1S/C42H54N8O7S2/c1-24(2)32(21-56-57-23-43)40(51)49-19-26(22-58)15-35(49)38-44-17-33(46-38)29-11-7-27(8-12-29)28-9-13-30(14-10-28)34-18-45-39(47-34)36-16-31(59(6)54)20-50(36)41(52)37(25(3)4)48-42(53)55-5/h7-14,17-18,23-26,31-32,35-37,43,58H,15-16,19-22H2,1-6H3,(H,44,46)(H,45,47)(H,48,53)/t26-,31+,32?,35+,36+,37+,59?/m1/s1. The van der Waals surface area contributed by atoms with Crippen molar-refractivity contribution in [1.29, 1.82) is 5.41 Å². The van der Waals surface area contributed by atoms with Crippen molar-refractivity contribution >= 4 is 47.7 Å². The SMILES string of the molecule is COC(=O)N[C@H](C(=O)N1C[C@@H](S(C)=O)C[C@H]1c1ncc(-c2ccc(-c3ccc(-c4cnc([C@@H]5C[C@@H](CS)CN5C(=O)C(COOC=N)C(C)C)[nH]4)cc3)cc2)[nH]1)C(C)C. The summed E-state index contributed by atoms with van der Waals surface area (Å²) in [6.45, 7) is 8.57. The van der Waals surface area contributed by atoms with Crippen LogP contribution in [-0.4, -0.2) is 108 Å². The molecule has 0 radical (unpaired) electrons. The predicted molar refractivity (Wildman–Crippen MR) is 229 cm³/mol. The van der Waals surface area contributed by atoms with Crippen LogP contribution in [0.2, 0.25) is 0 Å². The van der Waals surface area contributed by atoms with Gasteiger partial charge in [-0.1, -0.05) is 76.2 Å². The maximum Gasteiger partial charge on any atom is 0.407 e. The molecule has 2 fully saturated rings. The fourth-order valence-corrected chi connectivity index (χ4v) is 8.96. The van der Waals surface area contributed by atoms with Crippen molar-refractivity contribution in [2.24, 2.45) is 23.7 Å². The average molecular weight is 847 g/mol. The fourth-order valence-electron chi connectivity index (χ4n) is 7.88. The molecule has 15 nitrogen and oxygen atoms in total. The molecular weight excluding hydrogens is 793 g/mol. The quantitative estimate of drug-likeness (QED) is 0.0219. The van der Waals surface area contributed by atoms with E-state index < -0.39 is 34.9 Å². The van der Waals surface area contributed by atoms with Crippen LogP contribution in [0.15, 0.2) is 60.9 Å². The Morgan fingerprint density at radius 1 is 0.864 bits per heavy atom. The van der Waals surface area contributed by atoms with Gasteiger partial charge in [0.15, 0.2) is 0 Å². The van der Waals surface area contributed by atoms with Crippen molar-refractivity contribution in [1.82, 2.24) is 35.1 Å². The summed E-state index contributed by atoms with van der Waals surface area (Å²) in [6.07, 6.45) is 6.44. The van der Waals surface area contributed by atoms with E-state index in [1.54, 1.807) is 23.5 Å². The molecule has 2 aliphatic rings. The molecule has 6 rings (SSSR count). The lowest BCUT2D eigenvalue weighted by Crippen LogP contribution is -2.51. The molecule has 4 aromatic rings. The van der Waals surface area contributed by atoms with Gasteiger partial charge in [0.25, 0.3) is 0 Å². The highest BCUT2D eigenvalue weighted by atomic mass is 32.2. The Bertz CT molecular complexity index is 2110. The van der Waals surface area contributed by atoms with Crippen molar-refractivity contribution in [3.63, 3.8) is 0 Å². The highest BCUT2D eigenvalue weighted by molar-refractivity contribution is 7.84. The second-order valence-corrected chi connectivity index (χ2v) is 17.9. The van der Waals surface area contributed by atoms with Crippen molar-refractivity contribution in [2.75, 3.05) is 38.8 Å². The Kier molecular flexibility index (Phi) is 14.3. The topological polar surface area (TPSA) is 196 Å². The van der Waals surface area contributed by atoms with E-state index in [-0.39, 0.29) is 47.5 Å². The minimum absolute atomic E-state index is 0.00551. The van der Waals surface area contributed by atoms with Crippen LogP contribution in [0.5, 0.6) is 0 Å². The molecule has 316 valence electrons. The second-order valence-electron chi connectivity index (χ2n) is 15.9. The number of alkyl carbamates (subject to hydrolysis) is 1. The van der Waals surface area contributed by atoms with Crippen LogP contribution in [-0.2, 0) is 34.9 Å².